The monoisotopic (exact) mass is 238 g/mol. The SMILES string of the molecule is C=C/C=C(\C(C)=C/C)C(C)CCC.CC.CC. The molecule has 0 nitrogen and oxygen atoms in total. The highest BCUT2D eigenvalue weighted by Crippen LogP contribution is 2.23. The zero-order chi connectivity index (χ0) is 14.3. The Bertz CT molecular complexity index is 206. The van der Waals surface area contributed by atoms with Gasteiger partial charge in [-0.1, -0.05) is 78.3 Å². The molecule has 0 saturated heterocycles. The van der Waals surface area contributed by atoms with Crippen molar-refractivity contribution >= 4 is 0 Å². The fourth-order valence-corrected chi connectivity index (χ4v) is 1.57. The van der Waals surface area contributed by atoms with Crippen molar-refractivity contribution in [1.82, 2.24) is 0 Å². The first-order chi connectivity index (χ1) is 8.17. The molecule has 0 aromatic rings. The van der Waals surface area contributed by atoms with Crippen molar-refractivity contribution in [2.45, 2.75) is 68.2 Å². The summed E-state index contributed by atoms with van der Waals surface area (Å²) in [5.41, 5.74) is 2.81. The van der Waals surface area contributed by atoms with Crippen molar-refractivity contribution in [2.75, 3.05) is 0 Å². The van der Waals surface area contributed by atoms with E-state index >= 15 is 0 Å². The Morgan fingerprint density at radius 2 is 1.65 bits per heavy atom. The van der Waals surface area contributed by atoms with Crippen molar-refractivity contribution < 1.29 is 0 Å². The zero-order valence-corrected chi connectivity index (χ0v) is 13.4. The number of allylic oxidation sites excluding steroid dienone is 5. The molecule has 0 amide bonds. The maximum Gasteiger partial charge on any atom is -0.0188 e. The third-order valence-electron chi connectivity index (χ3n) is 2.44. The molecule has 1 atom stereocenters. The van der Waals surface area contributed by atoms with Crippen LogP contribution in [0.1, 0.15) is 68.2 Å². The second-order valence-electron chi connectivity index (χ2n) is 3.52. The maximum absolute atomic E-state index is 3.76. The lowest BCUT2D eigenvalue weighted by atomic mass is 9.90. The molecule has 0 saturated carbocycles. The molecular formula is C17H34. The Labute approximate surface area is 111 Å². The van der Waals surface area contributed by atoms with E-state index < -0.39 is 0 Å². The minimum Gasteiger partial charge on any atom is -0.0991 e. The molecule has 0 heterocycles. The lowest BCUT2D eigenvalue weighted by Gasteiger charge is -2.15. The lowest BCUT2D eigenvalue weighted by molar-refractivity contribution is 0.606. The molecule has 102 valence electrons. The Kier molecular flexibility index (Phi) is 22.3. The third-order valence-corrected chi connectivity index (χ3v) is 2.44. The van der Waals surface area contributed by atoms with E-state index in [2.05, 4.69) is 46.4 Å². The van der Waals surface area contributed by atoms with Crippen LogP contribution in [0, 0.1) is 5.92 Å². The molecule has 0 aliphatic heterocycles. The molecule has 0 aliphatic carbocycles. The highest BCUT2D eigenvalue weighted by Gasteiger charge is 2.07. The zero-order valence-electron chi connectivity index (χ0n) is 13.4. The van der Waals surface area contributed by atoms with Crippen molar-refractivity contribution in [3.05, 3.63) is 36.0 Å². The van der Waals surface area contributed by atoms with Crippen LogP contribution in [0.4, 0.5) is 0 Å². The molecule has 0 heteroatoms. The smallest absolute Gasteiger partial charge is 0.0188 e. The van der Waals surface area contributed by atoms with Crippen molar-refractivity contribution in [1.29, 1.82) is 0 Å². The van der Waals surface area contributed by atoms with E-state index in [0.29, 0.717) is 5.92 Å². The van der Waals surface area contributed by atoms with Crippen LogP contribution in [-0.2, 0) is 0 Å². The van der Waals surface area contributed by atoms with Crippen LogP contribution in [0.3, 0.4) is 0 Å². The van der Waals surface area contributed by atoms with Crippen LogP contribution in [0.2, 0.25) is 0 Å². The van der Waals surface area contributed by atoms with E-state index in [1.165, 1.54) is 24.0 Å². The standard InChI is InChI=1S/C13H22.2C2H6/c1-6-9-12(5)13(10-7-2)11(4)8-3;2*1-2/h7-8,10,12H,2,6,9H2,1,3-5H3;2*1-2H3/b11-8-,13-10+;;. The molecule has 0 rings (SSSR count). The van der Waals surface area contributed by atoms with Crippen LogP contribution in [0.25, 0.3) is 0 Å². The summed E-state index contributed by atoms with van der Waals surface area (Å²) in [6.45, 7) is 20.5. The van der Waals surface area contributed by atoms with Gasteiger partial charge in [0.1, 0.15) is 0 Å². The van der Waals surface area contributed by atoms with Crippen LogP contribution in [0.5, 0.6) is 0 Å². The summed E-state index contributed by atoms with van der Waals surface area (Å²) < 4.78 is 0. The first kappa shape index (κ1) is 21.5. The summed E-state index contributed by atoms with van der Waals surface area (Å²) in [5.74, 6) is 0.652. The predicted molar refractivity (Wildman–Crippen MR) is 84.5 cm³/mol. The number of hydrogen-bond acceptors (Lipinski definition) is 0. The van der Waals surface area contributed by atoms with Crippen molar-refractivity contribution in [3.63, 3.8) is 0 Å². The van der Waals surface area contributed by atoms with Gasteiger partial charge < -0.3 is 0 Å². The first-order valence-electron chi connectivity index (χ1n) is 7.13. The van der Waals surface area contributed by atoms with Crippen LogP contribution < -0.4 is 0 Å². The minimum atomic E-state index is 0.652. The first-order valence-corrected chi connectivity index (χ1v) is 7.13. The third kappa shape index (κ3) is 11.5. The molecule has 0 aromatic heterocycles. The Balaban J connectivity index is -0.000000439. The quantitative estimate of drug-likeness (QED) is 0.476. The molecular weight excluding hydrogens is 204 g/mol. The van der Waals surface area contributed by atoms with E-state index in [1.54, 1.807) is 0 Å². The van der Waals surface area contributed by atoms with Crippen LogP contribution in [0.15, 0.2) is 36.0 Å². The van der Waals surface area contributed by atoms with Gasteiger partial charge in [-0.2, -0.15) is 0 Å². The summed E-state index contributed by atoms with van der Waals surface area (Å²) >= 11 is 0. The van der Waals surface area contributed by atoms with Gasteiger partial charge >= 0.3 is 0 Å². The van der Waals surface area contributed by atoms with Gasteiger partial charge in [-0.15, -0.1) is 0 Å². The molecule has 0 bridgehead atoms. The number of hydrogen-bond donors (Lipinski definition) is 0. The van der Waals surface area contributed by atoms with Gasteiger partial charge in [0.15, 0.2) is 0 Å². The Hall–Kier alpha value is -0.780. The average Bonchev–Trinajstić information content (AvgIpc) is 2.40. The molecule has 0 aliphatic rings. The van der Waals surface area contributed by atoms with Gasteiger partial charge in [-0.05, 0) is 31.8 Å². The molecule has 0 radical (unpaired) electrons. The van der Waals surface area contributed by atoms with Crippen LogP contribution in [-0.4, -0.2) is 0 Å². The molecule has 0 fully saturated rings. The van der Waals surface area contributed by atoms with Crippen molar-refractivity contribution in [2.24, 2.45) is 5.92 Å². The van der Waals surface area contributed by atoms with Gasteiger partial charge in [-0.25, -0.2) is 0 Å². The second-order valence-corrected chi connectivity index (χ2v) is 3.52. The molecule has 0 aromatic carbocycles. The summed E-state index contributed by atoms with van der Waals surface area (Å²) in [7, 11) is 0. The largest absolute Gasteiger partial charge is 0.0991 e. The summed E-state index contributed by atoms with van der Waals surface area (Å²) in [6, 6.07) is 0. The van der Waals surface area contributed by atoms with Crippen molar-refractivity contribution in [3.8, 4) is 0 Å². The van der Waals surface area contributed by atoms with Gasteiger partial charge in [0.2, 0.25) is 0 Å². The highest BCUT2D eigenvalue weighted by molar-refractivity contribution is 5.33. The summed E-state index contributed by atoms with van der Waals surface area (Å²) in [5, 5.41) is 0. The Morgan fingerprint density at radius 1 is 1.18 bits per heavy atom. The topological polar surface area (TPSA) is 0 Å². The van der Waals surface area contributed by atoms with E-state index in [0.717, 1.165) is 0 Å². The minimum absolute atomic E-state index is 0.652. The maximum atomic E-state index is 3.76. The lowest BCUT2D eigenvalue weighted by Crippen LogP contribution is -2.00. The van der Waals surface area contributed by atoms with E-state index in [-0.39, 0.29) is 0 Å². The van der Waals surface area contributed by atoms with E-state index in [9.17, 15) is 0 Å². The predicted octanol–water partition coefficient (Wildman–Crippen LogP) is 6.55. The van der Waals surface area contributed by atoms with E-state index in [1.807, 2.05) is 33.8 Å². The molecule has 17 heavy (non-hydrogen) atoms. The van der Waals surface area contributed by atoms with Gasteiger partial charge in [0, 0.05) is 0 Å². The van der Waals surface area contributed by atoms with Gasteiger partial charge in [-0.3, -0.25) is 0 Å². The van der Waals surface area contributed by atoms with E-state index in [4.69, 9.17) is 0 Å². The van der Waals surface area contributed by atoms with Gasteiger partial charge in [0.25, 0.3) is 0 Å². The average molecular weight is 238 g/mol. The normalized spacial score (nSPS) is 12.7. The van der Waals surface area contributed by atoms with Gasteiger partial charge in [0.05, 0.1) is 0 Å². The highest BCUT2D eigenvalue weighted by atomic mass is 14.1. The summed E-state index contributed by atoms with van der Waals surface area (Å²) in [6.07, 6.45) is 8.68. The number of rotatable bonds is 5. The summed E-state index contributed by atoms with van der Waals surface area (Å²) in [4.78, 5) is 0. The molecule has 1 unspecified atom stereocenters. The molecule has 0 spiro atoms. The Morgan fingerprint density at radius 3 is 1.94 bits per heavy atom. The molecule has 0 N–H and O–H groups in total. The fourth-order valence-electron chi connectivity index (χ4n) is 1.57. The fraction of sp³-hybridized carbons (Fsp3) is 0.647. The van der Waals surface area contributed by atoms with Crippen LogP contribution >= 0.6 is 0 Å². The second kappa shape index (κ2) is 17.6.